The molecule has 5 heteroatoms. The number of benzene rings is 1. The van der Waals surface area contributed by atoms with Crippen molar-refractivity contribution in [3.63, 3.8) is 0 Å². The zero-order valence-corrected chi connectivity index (χ0v) is 14.0. The number of hydrogen-bond donors (Lipinski definition) is 2. The standard InChI is InChI=1S/C18H17NO2S2/c20-14(13-6-2-1-3-7-13)12-17(21)19-18(15-8-4-10-22-15)16-9-5-11-23-16/h1-11,14,18,20H,12H2,(H,19,21). The van der Waals surface area contributed by atoms with Gasteiger partial charge >= 0.3 is 0 Å². The smallest absolute Gasteiger partial charge is 0.223 e. The Hall–Kier alpha value is -1.95. The average Bonchev–Trinajstić information content (AvgIpc) is 3.27. The number of carbonyl (C=O) groups is 1. The molecule has 3 rings (SSSR count). The second kappa shape index (κ2) is 7.55. The fourth-order valence-electron chi connectivity index (χ4n) is 2.38. The van der Waals surface area contributed by atoms with Crippen molar-refractivity contribution in [2.24, 2.45) is 0 Å². The van der Waals surface area contributed by atoms with E-state index in [0.717, 1.165) is 15.3 Å². The lowest BCUT2D eigenvalue weighted by atomic mass is 10.1. The first-order valence-electron chi connectivity index (χ1n) is 7.33. The Balaban J connectivity index is 1.69. The van der Waals surface area contributed by atoms with E-state index < -0.39 is 6.10 Å². The maximum Gasteiger partial charge on any atom is 0.223 e. The van der Waals surface area contributed by atoms with E-state index in [1.165, 1.54) is 0 Å². The number of nitrogens with one attached hydrogen (secondary N) is 1. The third kappa shape index (κ3) is 4.07. The van der Waals surface area contributed by atoms with Crippen LogP contribution in [0.25, 0.3) is 0 Å². The third-order valence-corrected chi connectivity index (χ3v) is 5.40. The summed E-state index contributed by atoms with van der Waals surface area (Å²) < 4.78 is 0. The van der Waals surface area contributed by atoms with Gasteiger partial charge in [0.05, 0.1) is 18.6 Å². The topological polar surface area (TPSA) is 49.3 Å². The molecular weight excluding hydrogens is 326 g/mol. The number of thiophene rings is 2. The lowest BCUT2D eigenvalue weighted by Gasteiger charge is -2.18. The van der Waals surface area contributed by atoms with E-state index in [0.29, 0.717) is 0 Å². The highest BCUT2D eigenvalue weighted by Gasteiger charge is 2.20. The molecule has 0 bridgehead atoms. The van der Waals surface area contributed by atoms with E-state index >= 15 is 0 Å². The second-order valence-electron chi connectivity index (χ2n) is 5.16. The van der Waals surface area contributed by atoms with Crippen LogP contribution < -0.4 is 5.32 Å². The van der Waals surface area contributed by atoms with E-state index in [-0.39, 0.29) is 18.4 Å². The lowest BCUT2D eigenvalue weighted by molar-refractivity contribution is -0.123. The molecule has 1 aromatic carbocycles. The van der Waals surface area contributed by atoms with Crippen molar-refractivity contribution in [2.45, 2.75) is 18.6 Å². The highest BCUT2D eigenvalue weighted by atomic mass is 32.1. The molecule has 3 aromatic rings. The van der Waals surface area contributed by atoms with Crippen LogP contribution in [-0.4, -0.2) is 11.0 Å². The molecule has 1 atom stereocenters. The van der Waals surface area contributed by atoms with E-state index in [2.05, 4.69) is 5.32 Å². The van der Waals surface area contributed by atoms with Crippen LogP contribution in [0, 0.1) is 0 Å². The molecule has 1 amide bonds. The number of hydrogen-bond acceptors (Lipinski definition) is 4. The summed E-state index contributed by atoms with van der Waals surface area (Å²) in [5.41, 5.74) is 0.756. The maximum absolute atomic E-state index is 12.4. The van der Waals surface area contributed by atoms with Crippen molar-refractivity contribution in [1.29, 1.82) is 0 Å². The predicted octanol–water partition coefficient (Wildman–Crippen LogP) is 4.14. The minimum Gasteiger partial charge on any atom is -0.388 e. The average molecular weight is 343 g/mol. The largest absolute Gasteiger partial charge is 0.388 e. The molecule has 0 saturated heterocycles. The van der Waals surface area contributed by atoms with Crippen molar-refractivity contribution < 1.29 is 9.90 Å². The first-order valence-corrected chi connectivity index (χ1v) is 9.09. The molecule has 118 valence electrons. The maximum atomic E-state index is 12.4. The highest BCUT2D eigenvalue weighted by molar-refractivity contribution is 7.11. The molecule has 0 fully saturated rings. The molecule has 0 radical (unpaired) electrons. The molecule has 0 spiro atoms. The van der Waals surface area contributed by atoms with Gasteiger partial charge in [-0.15, -0.1) is 22.7 Å². The summed E-state index contributed by atoms with van der Waals surface area (Å²) in [5, 5.41) is 17.3. The molecular formula is C18H17NO2S2. The summed E-state index contributed by atoms with van der Waals surface area (Å²) >= 11 is 3.23. The van der Waals surface area contributed by atoms with Gasteiger partial charge in [-0.25, -0.2) is 0 Å². The van der Waals surface area contributed by atoms with Gasteiger partial charge in [-0.3, -0.25) is 4.79 Å². The number of aliphatic hydroxyl groups is 1. The Kier molecular flexibility index (Phi) is 5.23. The molecule has 3 nitrogen and oxygen atoms in total. The molecule has 0 aliphatic heterocycles. The lowest BCUT2D eigenvalue weighted by Crippen LogP contribution is -2.29. The minimum absolute atomic E-state index is 0.0528. The van der Waals surface area contributed by atoms with Gasteiger partial charge in [0, 0.05) is 9.75 Å². The fourth-order valence-corrected chi connectivity index (χ4v) is 4.04. The molecule has 2 heterocycles. The van der Waals surface area contributed by atoms with Gasteiger partial charge in [-0.2, -0.15) is 0 Å². The zero-order valence-electron chi connectivity index (χ0n) is 12.4. The van der Waals surface area contributed by atoms with E-state index in [1.807, 2.05) is 65.4 Å². The van der Waals surface area contributed by atoms with Gasteiger partial charge in [0.25, 0.3) is 0 Å². The van der Waals surface area contributed by atoms with E-state index in [4.69, 9.17) is 0 Å². The van der Waals surface area contributed by atoms with Crippen molar-refractivity contribution in [3.8, 4) is 0 Å². The molecule has 2 N–H and O–H groups in total. The zero-order chi connectivity index (χ0) is 16.1. The van der Waals surface area contributed by atoms with Crippen molar-refractivity contribution in [1.82, 2.24) is 5.32 Å². The first kappa shape index (κ1) is 15.9. The number of aliphatic hydroxyl groups excluding tert-OH is 1. The fraction of sp³-hybridized carbons (Fsp3) is 0.167. The Morgan fingerprint density at radius 3 is 2.09 bits per heavy atom. The Labute approximate surface area is 143 Å². The van der Waals surface area contributed by atoms with Crippen molar-refractivity contribution >= 4 is 28.6 Å². The van der Waals surface area contributed by atoms with Crippen LogP contribution in [0.5, 0.6) is 0 Å². The monoisotopic (exact) mass is 343 g/mol. The van der Waals surface area contributed by atoms with Crippen LogP contribution >= 0.6 is 22.7 Å². The number of rotatable bonds is 6. The van der Waals surface area contributed by atoms with Crippen LogP contribution in [0.15, 0.2) is 65.4 Å². The summed E-state index contributed by atoms with van der Waals surface area (Å²) in [6.45, 7) is 0. The highest BCUT2D eigenvalue weighted by Crippen LogP contribution is 2.29. The van der Waals surface area contributed by atoms with Crippen LogP contribution in [-0.2, 0) is 4.79 Å². The Bertz CT molecular complexity index is 689. The van der Waals surface area contributed by atoms with E-state index in [9.17, 15) is 9.90 Å². The van der Waals surface area contributed by atoms with Gasteiger partial charge in [0.1, 0.15) is 0 Å². The van der Waals surface area contributed by atoms with E-state index in [1.54, 1.807) is 22.7 Å². The number of carbonyl (C=O) groups excluding carboxylic acids is 1. The second-order valence-corrected chi connectivity index (χ2v) is 7.12. The van der Waals surface area contributed by atoms with Gasteiger partial charge in [-0.05, 0) is 28.5 Å². The molecule has 0 aliphatic carbocycles. The summed E-state index contributed by atoms with van der Waals surface area (Å²) in [5.74, 6) is -0.159. The first-order chi connectivity index (χ1) is 11.2. The summed E-state index contributed by atoms with van der Waals surface area (Å²) in [6, 6.07) is 17.1. The molecule has 2 aromatic heterocycles. The van der Waals surface area contributed by atoms with Gasteiger partial charge in [0.15, 0.2) is 0 Å². The summed E-state index contributed by atoms with van der Waals surface area (Å²) in [4.78, 5) is 14.6. The SMILES string of the molecule is O=C(CC(O)c1ccccc1)NC(c1cccs1)c1cccs1. The van der Waals surface area contributed by atoms with Gasteiger partial charge in [0.2, 0.25) is 5.91 Å². The van der Waals surface area contributed by atoms with Gasteiger partial charge < -0.3 is 10.4 Å². The normalized spacial score (nSPS) is 12.3. The van der Waals surface area contributed by atoms with Crippen LogP contribution in [0.4, 0.5) is 0 Å². The summed E-state index contributed by atoms with van der Waals surface area (Å²) in [6.07, 6.45) is -0.736. The van der Waals surface area contributed by atoms with Crippen LogP contribution in [0.1, 0.15) is 33.9 Å². The van der Waals surface area contributed by atoms with Crippen LogP contribution in [0.2, 0.25) is 0 Å². The van der Waals surface area contributed by atoms with Crippen molar-refractivity contribution in [2.75, 3.05) is 0 Å². The Morgan fingerprint density at radius 1 is 0.957 bits per heavy atom. The minimum atomic E-state index is -0.788. The number of amides is 1. The molecule has 0 saturated carbocycles. The van der Waals surface area contributed by atoms with Crippen molar-refractivity contribution in [3.05, 3.63) is 80.7 Å². The predicted molar refractivity (Wildman–Crippen MR) is 94.6 cm³/mol. The van der Waals surface area contributed by atoms with Gasteiger partial charge in [-0.1, -0.05) is 42.5 Å². The summed E-state index contributed by atoms with van der Waals surface area (Å²) in [7, 11) is 0. The molecule has 23 heavy (non-hydrogen) atoms. The molecule has 0 aliphatic rings. The quantitative estimate of drug-likeness (QED) is 0.707. The molecule has 1 unspecified atom stereocenters. The third-order valence-electron chi connectivity index (χ3n) is 3.52. The Morgan fingerprint density at radius 2 is 1.57 bits per heavy atom. The van der Waals surface area contributed by atoms with Crippen LogP contribution in [0.3, 0.4) is 0 Å².